The average molecular weight is 368 g/mol. The Hall–Kier alpha value is -3.77. The van der Waals surface area contributed by atoms with Crippen LogP contribution in [0.4, 0.5) is 18.9 Å². The highest BCUT2D eigenvalue weighted by Gasteiger charge is 2.32. The molecule has 0 fully saturated rings. The third-order valence-corrected chi connectivity index (χ3v) is 3.21. The van der Waals surface area contributed by atoms with Gasteiger partial charge in [-0.1, -0.05) is 0 Å². The summed E-state index contributed by atoms with van der Waals surface area (Å²) in [6.07, 6.45) is -3.72. The Balaban J connectivity index is 1.97. The second-order valence-electron chi connectivity index (χ2n) is 4.92. The molecule has 2 N–H and O–H groups in total. The summed E-state index contributed by atoms with van der Waals surface area (Å²) >= 11 is 0. The number of aromatic nitrogens is 5. The molecule has 0 spiro atoms. The van der Waals surface area contributed by atoms with Gasteiger partial charge in [0.2, 0.25) is 11.6 Å². The van der Waals surface area contributed by atoms with Crippen LogP contribution in [0.1, 0.15) is 5.69 Å². The van der Waals surface area contributed by atoms with Crippen LogP contribution in [0, 0.1) is 10.1 Å². The molecule has 2 heterocycles. The molecule has 10 nitrogen and oxygen atoms in total. The molecule has 0 aliphatic heterocycles. The molecule has 2 aromatic heterocycles. The predicted molar refractivity (Wildman–Crippen MR) is 77.4 cm³/mol. The summed E-state index contributed by atoms with van der Waals surface area (Å²) < 4.78 is 37.5. The zero-order valence-corrected chi connectivity index (χ0v) is 12.4. The van der Waals surface area contributed by atoms with Gasteiger partial charge in [0, 0.05) is 11.6 Å². The number of nitro benzene ring substituents is 1. The van der Waals surface area contributed by atoms with Gasteiger partial charge in [0.15, 0.2) is 5.75 Å². The van der Waals surface area contributed by atoms with Crippen LogP contribution in [0.2, 0.25) is 0 Å². The van der Waals surface area contributed by atoms with E-state index in [0.29, 0.717) is 0 Å². The first-order valence-electron chi connectivity index (χ1n) is 6.71. The summed E-state index contributed by atoms with van der Waals surface area (Å²) in [5.41, 5.74) is -1.83. The Labute approximate surface area is 141 Å². The molecule has 3 rings (SSSR count). The van der Waals surface area contributed by atoms with E-state index in [1.807, 2.05) is 0 Å². The van der Waals surface area contributed by atoms with Crippen LogP contribution < -0.4 is 0 Å². The lowest BCUT2D eigenvalue weighted by molar-refractivity contribution is -0.385. The summed E-state index contributed by atoms with van der Waals surface area (Å²) in [7, 11) is 0. The maximum atomic E-state index is 12.5. The quantitative estimate of drug-likeness (QED) is 0.407. The maximum absolute atomic E-state index is 12.5. The van der Waals surface area contributed by atoms with Crippen molar-refractivity contribution in [2.24, 2.45) is 0 Å². The standard InChI is InChI=1S/C13H7F3N6O4/c14-13(15,16)10-2-1-7(5-17-10)21-19-12(18-20-21)6-3-8(22(25)26)11(24)9(23)4-6/h1-5,23-24H. The minimum atomic E-state index is -4.60. The van der Waals surface area contributed by atoms with E-state index in [0.717, 1.165) is 35.3 Å². The van der Waals surface area contributed by atoms with Crippen molar-refractivity contribution in [3.05, 3.63) is 46.3 Å². The number of aromatic hydroxyl groups is 2. The van der Waals surface area contributed by atoms with Crippen LogP contribution in [0.15, 0.2) is 30.5 Å². The molecule has 0 radical (unpaired) electrons. The van der Waals surface area contributed by atoms with E-state index in [-0.39, 0.29) is 17.1 Å². The first-order chi connectivity index (χ1) is 12.2. The molecular weight excluding hydrogens is 361 g/mol. The van der Waals surface area contributed by atoms with Crippen molar-refractivity contribution in [1.29, 1.82) is 0 Å². The van der Waals surface area contributed by atoms with Gasteiger partial charge >= 0.3 is 11.9 Å². The number of nitrogens with zero attached hydrogens (tertiary/aromatic N) is 6. The van der Waals surface area contributed by atoms with Crippen molar-refractivity contribution < 1.29 is 28.3 Å². The van der Waals surface area contributed by atoms with Gasteiger partial charge in [0.05, 0.1) is 11.1 Å². The van der Waals surface area contributed by atoms with E-state index in [1.54, 1.807) is 0 Å². The largest absolute Gasteiger partial charge is 0.504 e. The second-order valence-corrected chi connectivity index (χ2v) is 4.92. The molecule has 1 aromatic carbocycles. The SMILES string of the molecule is O=[N+]([O-])c1cc(-c2nnn(-c3ccc(C(F)(F)F)nc3)n2)cc(O)c1O. The maximum Gasteiger partial charge on any atom is 0.433 e. The summed E-state index contributed by atoms with van der Waals surface area (Å²) in [6, 6.07) is 3.70. The number of halogens is 3. The molecule has 0 unspecified atom stereocenters. The minimum Gasteiger partial charge on any atom is -0.504 e. The Morgan fingerprint density at radius 2 is 1.92 bits per heavy atom. The second kappa shape index (κ2) is 5.94. The normalized spacial score (nSPS) is 11.5. The Kier molecular flexibility index (Phi) is 3.90. The van der Waals surface area contributed by atoms with Crippen molar-refractivity contribution >= 4 is 5.69 Å². The fraction of sp³-hybridized carbons (Fsp3) is 0.0769. The number of hydrogen-bond donors (Lipinski definition) is 2. The van der Waals surface area contributed by atoms with Gasteiger partial charge in [-0.3, -0.25) is 10.1 Å². The van der Waals surface area contributed by atoms with Gasteiger partial charge in [-0.2, -0.15) is 13.2 Å². The number of pyridine rings is 1. The Morgan fingerprint density at radius 3 is 2.50 bits per heavy atom. The third-order valence-electron chi connectivity index (χ3n) is 3.21. The fourth-order valence-corrected chi connectivity index (χ4v) is 1.98. The van der Waals surface area contributed by atoms with Crippen molar-refractivity contribution in [2.75, 3.05) is 0 Å². The Bertz CT molecular complexity index is 987. The van der Waals surface area contributed by atoms with Gasteiger partial charge in [-0.25, -0.2) is 4.98 Å². The van der Waals surface area contributed by atoms with Crippen molar-refractivity contribution in [3.63, 3.8) is 0 Å². The molecule has 0 atom stereocenters. The van der Waals surface area contributed by atoms with E-state index in [1.165, 1.54) is 0 Å². The molecule has 0 amide bonds. The van der Waals surface area contributed by atoms with E-state index in [2.05, 4.69) is 20.4 Å². The molecule has 0 saturated heterocycles. The first-order valence-corrected chi connectivity index (χ1v) is 6.71. The van der Waals surface area contributed by atoms with E-state index in [4.69, 9.17) is 0 Å². The average Bonchev–Trinajstić information content (AvgIpc) is 3.06. The third kappa shape index (κ3) is 3.09. The van der Waals surface area contributed by atoms with Gasteiger partial charge in [0.1, 0.15) is 11.4 Å². The van der Waals surface area contributed by atoms with Crippen molar-refractivity contribution in [3.8, 4) is 28.6 Å². The van der Waals surface area contributed by atoms with Gasteiger partial charge in [-0.15, -0.1) is 15.0 Å². The number of phenolic OH excluding ortho intramolecular Hbond substituents is 2. The smallest absolute Gasteiger partial charge is 0.433 e. The lowest BCUT2D eigenvalue weighted by Crippen LogP contribution is -2.08. The number of tetrazole rings is 1. The van der Waals surface area contributed by atoms with Crippen LogP contribution in [-0.4, -0.2) is 40.3 Å². The van der Waals surface area contributed by atoms with Crippen LogP contribution in [0.3, 0.4) is 0 Å². The molecule has 0 saturated carbocycles. The molecule has 3 aromatic rings. The molecular formula is C13H7F3N6O4. The summed E-state index contributed by atoms with van der Waals surface area (Å²) in [6.45, 7) is 0. The molecule has 0 aliphatic rings. The minimum absolute atomic E-state index is 0.0295. The Morgan fingerprint density at radius 1 is 1.19 bits per heavy atom. The number of nitro groups is 1. The summed E-state index contributed by atoms with van der Waals surface area (Å²) in [5, 5.41) is 41.0. The molecule has 26 heavy (non-hydrogen) atoms. The highest BCUT2D eigenvalue weighted by molar-refractivity contribution is 5.68. The number of alkyl halides is 3. The van der Waals surface area contributed by atoms with Gasteiger partial charge < -0.3 is 10.2 Å². The summed E-state index contributed by atoms with van der Waals surface area (Å²) in [5.74, 6) is -1.84. The molecule has 13 heteroatoms. The molecule has 0 bridgehead atoms. The van der Waals surface area contributed by atoms with Crippen LogP contribution in [0.5, 0.6) is 11.5 Å². The molecule has 0 aliphatic carbocycles. The van der Waals surface area contributed by atoms with E-state index >= 15 is 0 Å². The topological polar surface area (TPSA) is 140 Å². The lowest BCUT2D eigenvalue weighted by Gasteiger charge is -2.05. The van der Waals surface area contributed by atoms with Crippen LogP contribution in [0.25, 0.3) is 17.1 Å². The number of hydrogen-bond acceptors (Lipinski definition) is 8. The highest BCUT2D eigenvalue weighted by atomic mass is 19.4. The monoisotopic (exact) mass is 368 g/mol. The van der Waals surface area contributed by atoms with Crippen molar-refractivity contribution in [2.45, 2.75) is 6.18 Å². The van der Waals surface area contributed by atoms with Gasteiger partial charge in [-0.05, 0) is 23.4 Å². The van der Waals surface area contributed by atoms with Gasteiger partial charge in [0.25, 0.3) is 0 Å². The number of phenols is 2. The number of benzene rings is 1. The van der Waals surface area contributed by atoms with E-state index < -0.39 is 34.0 Å². The summed E-state index contributed by atoms with van der Waals surface area (Å²) in [4.78, 5) is 14.1. The van der Waals surface area contributed by atoms with Crippen LogP contribution >= 0.6 is 0 Å². The first kappa shape index (κ1) is 17.1. The zero-order valence-electron chi connectivity index (χ0n) is 12.4. The highest BCUT2D eigenvalue weighted by Crippen LogP contribution is 2.38. The van der Waals surface area contributed by atoms with Crippen LogP contribution in [-0.2, 0) is 6.18 Å². The predicted octanol–water partition coefficient (Wildman–Crippen LogP) is 2.06. The lowest BCUT2D eigenvalue weighted by atomic mass is 10.1. The zero-order chi connectivity index (χ0) is 19.1. The van der Waals surface area contributed by atoms with E-state index in [9.17, 15) is 33.5 Å². The van der Waals surface area contributed by atoms with Crippen molar-refractivity contribution in [1.82, 2.24) is 25.2 Å². The number of rotatable bonds is 3. The molecule has 134 valence electrons. The fourth-order valence-electron chi connectivity index (χ4n) is 1.98.